The normalized spacial score (nSPS) is 16.0. The van der Waals surface area contributed by atoms with Crippen LogP contribution in [0.25, 0.3) is 0 Å². The van der Waals surface area contributed by atoms with Gasteiger partial charge in [-0.3, -0.25) is 9.68 Å². The van der Waals surface area contributed by atoms with E-state index in [0.29, 0.717) is 0 Å². The van der Waals surface area contributed by atoms with Crippen LogP contribution < -0.4 is 5.64 Å². The van der Waals surface area contributed by atoms with Crippen molar-refractivity contribution in [1.82, 2.24) is 5.64 Å². The van der Waals surface area contributed by atoms with E-state index in [-0.39, 0.29) is 12.2 Å². The average Bonchev–Trinajstić information content (AvgIpc) is 2.04. The van der Waals surface area contributed by atoms with Crippen molar-refractivity contribution in [3.8, 4) is 0 Å². The summed E-state index contributed by atoms with van der Waals surface area (Å²) in [5.74, 6) is 0. The van der Waals surface area contributed by atoms with E-state index in [9.17, 15) is 0 Å². The van der Waals surface area contributed by atoms with Crippen molar-refractivity contribution < 1.29 is 9.68 Å². The molecule has 2 atom stereocenters. The summed E-state index contributed by atoms with van der Waals surface area (Å²) in [6, 6.07) is 0. The molecule has 12 heavy (non-hydrogen) atoms. The Kier molecular flexibility index (Phi) is 7.45. The van der Waals surface area contributed by atoms with Gasteiger partial charge in [0, 0.05) is 0 Å². The van der Waals surface area contributed by atoms with E-state index in [2.05, 4.69) is 19.5 Å². The fourth-order valence-electron chi connectivity index (χ4n) is 0.741. The van der Waals surface area contributed by atoms with Crippen LogP contribution in [0.3, 0.4) is 0 Å². The third-order valence-corrected chi connectivity index (χ3v) is 1.77. The summed E-state index contributed by atoms with van der Waals surface area (Å²) in [4.78, 5) is 10.3. The zero-order chi connectivity index (χ0) is 9.40. The first-order valence-electron chi connectivity index (χ1n) is 4.77. The fraction of sp³-hybridized carbons (Fsp3) is 1.00. The second-order valence-electron chi connectivity index (χ2n) is 3.14. The maximum Gasteiger partial charge on any atom is 0.0789 e. The van der Waals surface area contributed by atoms with E-state index in [1.807, 2.05) is 13.8 Å². The molecule has 0 bridgehead atoms. The lowest BCUT2D eigenvalue weighted by molar-refractivity contribution is -0.216. The second kappa shape index (κ2) is 7.53. The van der Waals surface area contributed by atoms with Crippen LogP contribution in [0.2, 0.25) is 0 Å². The van der Waals surface area contributed by atoms with Gasteiger partial charge in [0.15, 0.2) is 0 Å². The Morgan fingerprint density at radius 3 is 2.17 bits per heavy atom. The smallest absolute Gasteiger partial charge is 0.0789 e. The van der Waals surface area contributed by atoms with Gasteiger partial charge in [0.2, 0.25) is 0 Å². The van der Waals surface area contributed by atoms with Crippen molar-refractivity contribution in [2.24, 2.45) is 0 Å². The van der Waals surface area contributed by atoms with Gasteiger partial charge in [-0.05, 0) is 26.7 Å². The number of hydrogen-bond donors (Lipinski definition) is 1. The molecule has 0 aliphatic carbocycles. The highest BCUT2D eigenvalue weighted by molar-refractivity contribution is 4.44. The third-order valence-electron chi connectivity index (χ3n) is 1.77. The van der Waals surface area contributed by atoms with E-state index in [4.69, 9.17) is 9.68 Å². The standard InChI is InChI=1S/C9H21NO2/c1-5-7-9(4)12-10-11-8(3)6-2/h8-10H,5-7H2,1-4H3. The first kappa shape index (κ1) is 11.9. The summed E-state index contributed by atoms with van der Waals surface area (Å²) < 4.78 is 0. The first-order chi connectivity index (χ1) is 5.70. The molecule has 0 aromatic rings. The average molecular weight is 175 g/mol. The quantitative estimate of drug-likeness (QED) is 0.603. The molecule has 0 heterocycles. The maximum atomic E-state index is 5.18. The summed E-state index contributed by atoms with van der Waals surface area (Å²) in [7, 11) is 0. The highest BCUT2D eigenvalue weighted by Gasteiger charge is 2.01. The summed E-state index contributed by atoms with van der Waals surface area (Å²) in [6.45, 7) is 8.23. The summed E-state index contributed by atoms with van der Waals surface area (Å²) >= 11 is 0. The monoisotopic (exact) mass is 175 g/mol. The van der Waals surface area contributed by atoms with E-state index >= 15 is 0 Å². The zero-order valence-electron chi connectivity index (χ0n) is 8.59. The van der Waals surface area contributed by atoms with Crippen LogP contribution in [0, 0.1) is 0 Å². The molecule has 2 unspecified atom stereocenters. The molecule has 0 rings (SSSR count). The van der Waals surface area contributed by atoms with Crippen molar-refractivity contribution in [1.29, 1.82) is 0 Å². The fourth-order valence-corrected chi connectivity index (χ4v) is 0.741. The summed E-state index contributed by atoms with van der Waals surface area (Å²) in [5, 5.41) is 0. The van der Waals surface area contributed by atoms with Gasteiger partial charge < -0.3 is 0 Å². The number of rotatable bonds is 7. The SMILES string of the molecule is CCCC(C)ONOC(C)CC. The van der Waals surface area contributed by atoms with Gasteiger partial charge in [-0.2, -0.15) is 0 Å². The summed E-state index contributed by atoms with van der Waals surface area (Å²) in [6.07, 6.45) is 3.60. The molecule has 0 amide bonds. The molecule has 3 heteroatoms. The van der Waals surface area contributed by atoms with Crippen molar-refractivity contribution in [3.63, 3.8) is 0 Å². The molecule has 0 aliphatic heterocycles. The van der Waals surface area contributed by atoms with Crippen LogP contribution in [0.4, 0.5) is 0 Å². The highest BCUT2D eigenvalue weighted by Crippen LogP contribution is 1.99. The molecule has 0 aromatic carbocycles. The Hall–Kier alpha value is -0.120. The van der Waals surface area contributed by atoms with Gasteiger partial charge in [-0.15, -0.1) is 0 Å². The van der Waals surface area contributed by atoms with E-state index in [1.54, 1.807) is 0 Å². The van der Waals surface area contributed by atoms with Crippen molar-refractivity contribution >= 4 is 0 Å². The van der Waals surface area contributed by atoms with E-state index in [1.165, 1.54) is 0 Å². The predicted molar refractivity (Wildman–Crippen MR) is 49.4 cm³/mol. The van der Waals surface area contributed by atoms with Crippen LogP contribution in [0.5, 0.6) is 0 Å². The third kappa shape index (κ3) is 6.58. The minimum absolute atomic E-state index is 0.207. The van der Waals surface area contributed by atoms with Gasteiger partial charge in [0.25, 0.3) is 0 Å². The predicted octanol–water partition coefficient (Wildman–Crippen LogP) is 2.43. The van der Waals surface area contributed by atoms with Crippen molar-refractivity contribution in [2.75, 3.05) is 0 Å². The molecule has 0 saturated heterocycles. The minimum Gasteiger partial charge on any atom is -0.274 e. The molecule has 0 saturated carbocycles. The van der Waals surface area contributed by atoms with Crippen molar-refractivity contribution in [3.05, 3.63) is 0 Å². The van der Waals surface area contributed by atoms with Crippen LogP contribution in [0.15, 0.2) is 0 Å². The molecule has 3 nitrogen and oxygen atoms in total. The van der Waals surface area contributed by atoms with Gasteiger partial charge in [0.05, 0.1) is 12.2 Å². The summed E-state index contributed by atoms with van der Waals surface area (Å²) in [5.41, 5.74) is 2.52. The van der Waals surface area contributed by atoms with Crippen LogP contribution in [-0.4, -0.2) is 12.2 Å². The van der Waals surface area contributed by atoms with Crippen molar-refractivity contribution in [2.45, 2.75) is 59.2 Å². The van der Waals surface area contributed by atoms with Gasteiger partial charge in [-0.1, -0.05) is 25.9 Å². The van der Waals surface area contributed by atoms with E-state index in [0.717, 1.165) is 19.3 Å². The maximum absolute atomic E-state index is 5.18. The lowest BCUT2D eigenvalue weighted by Gasteiger charge is -2.14. The Balaban J connectivity index is 3.18. The van der Waals surface area contributed by atoms with Crippen LogP contribution in [0.1, 0.15) is 47.0 Å². The lowest BCUT2D eigenvalue weighted by Crippen LogP contribution is -2.25. The minimum atomic E-state index is 0.207. The number of nitrogens with one attached hydrogen (secondary N) is 1. The van der Waals surface area contributed by atoms with Crippen LogP contribution >= 0.6 is 0 Å². The molecule has 1 N–H and O–H groups in total. The topological polar surface area (TPSA) is 30.5 Å². The highest BCUT2D eigenvalue weighted by atomic mass is 16.9. The molecule has 0 aromatic heterocycles. The Morgan fingerprint density at radius 1 is 1.08 bits per heavy atom. The molecule has 0 radical (unpaired) electrons. The van der Waals surface area contributed by atoms with Gasteiger partial charge in [-0.25, -0.2) is 0 Å². The van der Waals surface area contributed by atoms with Crippen LogP contribution in [-0.2, 0) is 9.68 Å². The second-order valence-corrected chi connectivity index (χ2v) is 3.14. The molecule has 0 spiro atoms. The van der Waals surface area contributed by atoms with E-state index < -0.39 is 0 Å². The Labute approximate surface area is 75.3 Å². The Morgan fingerprint density at radius 2 is 1.67 bits per heavy atom. The number of hydrogen-bond acceptors (Lipinski definition) is 3. The molecular weight excluding hydrogens is 154 g/mol. The zero-order valence-corrected chi connectivity index (χ0v) is 8.59. The van der Waals surface area contributed by atoms with Gasteiger partial charge >= 0.3 is 0 Å². The Bertz CT molecular complexity index is 98.5. The molecule has 74 valence electrons. The molecule has 0 aliphatic rings. The molecule has 0 fully saturated rings. The first-order valence-corrected chi connectivity index (χ1v) is 4.77. The largest absolute Gasteiger partial charge is 0.274 e. The lowest BCUT2D eigenvalue weighted by atomic mass is 10.2. The van der Waals surface area contributed by atoms with Gasteiger partial charge in [0.1, 0.15) is 0 Å². The molecular formula is C9H21NO2.